The van der Waals surface area contributed by atoms with Crippen LogP contribution >= 0.6 is 31.9 Å². The zero-order chi connectivity index (χ0) is 14.6. The molecule has 5 rings (SSSR count). The first-order chi connectivity index (χ1) is 10.0. The summed E-state index contributed by atoms with van der Waals surface area (Å²) in [6.07, 6.45) is 7.78. The molecule has 112 valence electrons. The van der Waals surface area contributed by atoms with Gasteiger partial charge in [0.2, 0.25) is 0 Å². The molecule has 0 saturated heterocycles. The summed E-state index contributed by atoms with van der Waals surface area (Å²) in [5, 5.41) is 3.41. The average Bonchev–Trinajstić information content (AvgIpc) is 2.35. The minimum absolute atomic E-state index is 0.0824. The van der Waals surface area contributed by atoms with Crippen molar-refractivity contribution in [2.45, 2.75) is 44.1 Å². The summed E-state index contributed by atoms with van der Waals surface area (Å²) in [6, 6.07) is 5.77. The standard InChI is InChI=1S/C17H19Br2NO/c18-14-4-13(5-15(19)6-14)16(21)20-17-7-10-1-11(8-17)3-12(2-10)9-17/h4-6,10-12H,1-3,7-9H2,(H,20,21). The molecule has 0 spiro atoms. The van der Waals surface area contributed by atoms with E-state index >= 15 is 0 Å². The maximum Gasteiger partial charge on any atom is 0.251 e. The molecule has 4 bridgehead atoms. The van der Waals surface area contributed by atoms with Crippen molar-refractivity contribution in [1.82, 2.24) is 5.32 Å². The number of nitrogens with one attached hydrogen (secondary N) is 1. The van der Waals surface area contributed by atoms with E-state index in [0.29, 0.717) is 0 Å². The molecule has 0 unspecified atom stereocenters. The quantitative estimate of drug-likeness (QED) is 0.734. The first-order valence-corrected chi connectivity index (χ1v) is 9.39. The van der Waals surface area contributed by atoms with Gasteiger partial charge >= 0.3 is 0 Å². The van der Waals surface area contributed by atoms with Gasteiger partial charge in [0.25, 0.3) is 5.91 Å². The molecule has 0 aliphatic heterocycles. The van der Waals surface area contributed by atoms with E-state index in [-0.39, 0.29) is 11.4 Å². The average molecular weight is 413 g/mol. The maximum absolute atomic E-state index is 12.7. The Morgan fingerprint density at radius 3 is 1.90 bits per heavy atom. The molecule has 0 radical (unpaired) electrons. The Labute approximate surface area is 142 Å². The highest BCUT2D eigenvalue weighted by Crippen LogP contribution is 2.55. The van der Waals surface area contributed by atoms with Gasteiger partial charge in [0.05, 0.1) is 0 Å². The van der Waals surface area contributed by atoms with E-state index in [1.54, 1.807) is 0 Å². The second-order valence-corrected chi connectivity index (χ2v) is 9.14. The van der Waals surface area contributed by atoms with Gasteiger partial charge in [-0.1, -0.05) is 31.9 Å². The van der Waals surface area contributed by atoms with E-state index in [0.717, 1.165) is 32.3 Å². The summed E-state index contributed by atoms with van der Waals surface area (Å²) in [5.41, 5.74) is 0.827. The molecular weight excluding hydrogens is 394 g/mol. The van der Waals surface area contributed by atoms with Crippen LogP contribution in [0.5, 0.6) is 0 Å². The van der Waals surface area contributed by atoms with Crippen molar-refractivity contribution < 1.29 is 4.79 Å². The van der Waals surface area contributed by atoms with Gasteiger partial charge in [-0.25, -0.2) is 0 Å². The molecule has 1 amide bonds. The predicted molar refractivity (Wildman–Crippen MR) is 90.2 cm³/mol. The number of rotatable bonds is 2. The Balaban J connectivity index is 1.56. The van der Waals surface area contributed by atoms with E-state index in [9.17, 15) is 4.79 Å². The topological polar surface area (TPSA) is 29.1 Å². The van der Waals surface area contributed by atoms with E-state index in [1.165, 1.54) is 38.5 Å². The molecule has 4 aliphatic rings. The molecule has 1 N–H and O–H groups in total. The van der Waals surface area contributed by atoms with Crippen molar-refractivity contribution in [2.24, 2.45) is 17.8 Å². The highest BCUT2D eigenvalue weighted by atomic mass is 79.9. The van der Waals surface area contributed by atoms with E-state index in [1.807, 2.05) is 18.2 Å². The molecular formula is C17H19Br2NO. The van der Waals surface area contributed by atoms with Crippen LogP contribution in [0.4, 0.5) is 0 Å². The fourth-order valence-electron chi connectivity index (χ4n) is 5.26. The van der Waals surface area contributed by atoms with Gasteiger partial charge in [-0.2, -0.15) is 0 Å². The molecule has 4 saturated carbocycles. The molecule has 4 aliphatic carbocycles. The number of hydrogen-bond acceptors (Lipinski definition) is 1. The lowest BCUT2D eigenvalue weighted by atomic mass is 9.53. The monoisotopic (exact) mass is 411 g/mol. The van der Waals surface area contributed by atoms with Gasteiger partial charge in [-0.15, -0.1) is 0 Å². The van der Waals surface area contributed by atoms with E-state index in [2.05, 4.69) is 37.2 Å². The molecule has 1 aromatic rings. The van der Waals surface area contributed by atoms with Gasteiger partial charge in [0.15, 0.2) is 0 Å². The second-order valence-electron chi connectivity index (χ2n) is 7.31. The lowest BCUT2D eigenvalue weighted by Crippen LogP contribution is -2.59. The predicted octanol–water partition coefficient (Wildman–Crippen LogP) is 4.91. The molecule has 0 aromatic heterocycles. The van der Waals surface area contributed by atoms with Crippen LogP contribution in [0.1, 0.15) is 48.9 Å². The first-order valence-electron chi connectivity index (χ1n) is 7.80. The molecule has 1 aromatic carbocycles. The number of hydrogen-bond donors (Lipinski definition) is 1. The van der Waals surface area contributed by atoms with Crippen LogP contribution in [-0.4, -0.2) is 11.4 Å². The highest BCUT2D eigenvalue weighted by molar-refractivity contribution is 9.11. The van der Waals surface area contributed by atoms with Crippen LogP contribution in [0.3, 0.4) is 0 Å². The number of benzene rings is 1. The van der Waals surface area contributed by atoms with Gasteiger partial charge in [-0.05, 0) is 74.5 Å². The van der Waals surface area contributed by atoms with Crippen LogP contribution in [0.15, 0.2) is 27.1 Å². The van der Waals surface area contributed by atoms with Crippen LogP contribution in [0.25, 0.3) is 0 Å². The SMILES string of the molecule is O=C(NC12CC3CC(CC(C3)C1)C2)c1cc(Br)cc(Br)c1. The fourth-order valence-corrected chi connectivity index (χ4v) is 6.56. The fraction of sp³-hybridized carbons (Fsp3) is 0.588. The molecule has 21 heavy (non-hydrogen) atoms. The van der Waals surface area contributed by atoms with Crippen LogP contribution in [0, 0.1) is 17.8 Å². The van der Waals surface area contributed by atoms with Crippen molar-refractivity contribution in [3.63, 3.8) is 0 Å². The van der Waals surface area contributed by atoms with Gasteiger partial charge in [-0.3, -0.25) is 4.79 Å². The summed E-state index contributed by atoms with van der Waals surface area (Å²) in [7, 11) is 0. The van der Waals surface area contributed by atoms with Crippen LogP contribution in [0.2, 0.25) is 0 Å². The first kappa shape index (κ1) is 14.3. The molecule has 2 nitrogen and oxygen atoms in total. The third-order valence-corrected chi connectivity index (χ3v) is 6.46. The minimum atomic E-state index is 0.0824. The summed E-state index contributed by atoms with van der Waals surface area (Å²) in [6.45, 7) is 0. The number of carbonyl (C=O) groups is 1. The van der Waals surface area contributed by atoms with Crippen molar-refractivity contribution in [3.8, 4) is 0 Å². The molecule has 4 fully saturated rings. The largest absolute Gasteiger partial charge is 0.347 e. The zero-order valence-electron chi connectivity index (χ0n) is 11.9. The summed E-state index contributed by atoms with van der Waals surface area (Å²) in [5.74, 6) is 2.64. The summed E-state index contributed by atoms with van der Waals surface area (Å²) >= 11 is 6.93. The van der Waals surface area contributed by atoms with Gasteiger partial charge < -0.3 is 5.32 Å². The Bertz CT molecular complexity index is 543. The van der Waals surface area contributed by atoms with Gasteiger partial charge in [0, 0.05) is 20.0 Å². The smallest absolute Gasteiger partial charge is 0.251 e. The molecule has 0 heterocycles. The molecule has 4 heteroatoms. The van der Waals surface area contributed by atoms with E-state index < -0.39 is 0 Å². The second kappa shape index (κ2) is 5.09. The number of amides is 1. The van der Waals surface area contributed by atoms with Crippen molar-refractivity contribution in [3.05, 3.63) is 32.7 Å². The molecule has 0 atom stereocenters. The Hall–Kier alpha value is -0.350. The minimum Gasteiger partial charge on any atom is -0.347 e. The normalized spacial score (nSPS) is 36.8. The number of carbonyl (C=O) groups excluding carboxylic acids is 1. The van der Waals surface area contributed by atoms with Crippen LogP contribution in [-0.2, 0) is 0 Å². The Morgan fingerprint density at radius 1 is 0.952 bits per heavy atom. The van der Waals surface area contributed by atoms with Crippen molar-refractivity contribution in [2.75, 3.05) is 0 Å². The number of halogens is 2. The lowest BCUT2D eigenvalue weighted by Gasteiger charge is -2.56. The Morgan fingerprint density at radius 2 is 1.43 bits per heavy atom. The van der Waals surface area contributed by atoms with Gasteiger partial charge in [0.1, 0.15) is 0 Å². The lowest BCUT2D eigenvalue weighted by molar-refractivity contribution is -0.0167. The van der Waals surface area contributed by atoms with E-state index in [4.69, 9.17) is 0 Å². The van der Waals surface area contributed by atoms with Crippen molar-refractivity contribution in [1.29, 1.82) is 0 Å². The highest BCUT2D eigenvalue weighted by Gasteiger charge is 2.51. The third-order valence-electron chi connectivity index (χ3n) is 5.54. The Kier molecular flexibility index (Phi) is 3.45. The van der Waals surface area contributed by atoms with Crippen molar-refractivity contribution >= 4 is 37.8 Å². The van der Waals surface area contributed by atoms with Crippen LogP contribution < -0.4 is 5.32 Å². The maximum atomic E-state index is 12.7. The zero-order valence-corrected chi connectivity index (χ0v) is 15.0. The third kappa shape index (κ3) is 2.70. The summed E-state index contributed by atoms with van der Waals surface area (Å²) < 4.78 is 1.88. The summed E-state index contributed by atoms with van der Waals surface area (Å²) in [4.78, 5) is 12.7.